The van der Waals surface area contributed by atoms with Crippen molar-refractivity contribution in [2.45, 2.75) is 46.0 Å². The Morgan fingerprint density at radius 1 is 0.846 bits per heavy atom. The monoisotopic (exact) mass is 188 g/mol. The van der Waals surface area contributed by atoms with Crippen molar-refractivity contribution in [3.63, 3.8) is 0 Å². The van der Waals surface area contributed by atoms with Gasteiger partial charge in [0.05, 0.1) is 11.9 Å². The summed E-state index contributed by atoms with van der Waals surface area (Å²) >= 11 is 0. The van der Waals surface area contributed by atoms with Crippen molar-refractivity contribution in [1.29, 1.82) is 0 Å². The fourth-order valence-corrected chi connectivity index (χ4v) is 0.677. The molecule has 0 N–H and O–H groups in total. The van der Waals surface area contributed by atoms with Crippen molar-refractivity contribution in [2.75, 3.05) is 0 Å². The molecule has 0 fully saturated rings. The fourth-order valence-electron chi connectivity index (χ4n) is 0.677. The second-order valence-corrected chi connectivity index (χ2v) is 2.64. The molecule has 0 saturated carbocycles. The van der Waals surface area contributed by atoms with Crippen molar-refractivity contribution >= 4 is 11.9 Å². The van der Waals surface area contributed by atoms with Crippen LogP contribution >= 0.6 is 0 Å². The first-order chi connectivity index (χ1) is 6.06. The second-order valence-electron chi connectivity index (χ2n) is 2.64. The third-order valence-corrected chi connectivity index (χ3v) is 1.37. The highest BCUT2D eigenvalue weighted by atomic mass is 16.4. The molecule has 78 valence electrons. The molecule has 0 saturated heterocycles. The molecule has 0 bridgehead atoms. The van der Waals surface area contributed by atoms with Gasteiger partial charge >= 0.3 is 0 Å². The molecule has 0 aromatic carbocycles. The second kappa shape index (κ2) is 10.9. The quantitative estimate of drug-likeness (QED) is 0.438. The van der Waals surface area contributed by atoms with E-state index in [-0.39, 0.29) is 0 Å². The number of rotatable bonds is 4. The van der Waals surface area contributed by atoms with Gasteiger partial charge in [-0.15, -0.1) is 0 Å². The molecule has 0 aromatic rings. The fraction of sp³-hybridized carbons (Fsp3) is 0.778. The largest absolute Gasteiger partial charge is 0.543 e. The summed E-state index contributed by atoms with van der Waals surface area (Å²) in [4.78, 5) is 17.9. The Hall–Kier alpha value is -1.06. The van der Waals surface area contributed by atoms with E-state index >= 15 is 0 Å². The lowest BCUT2D eigenvalue weighted by molar-refractivity contribution is -0.345. The number of carboxylic acids is 2. The van der Waals surface area contributed by atoms with E-state index in [2.05, 4.69) is 13.8 Å². The molecular weight excluding hydrogens is 172 g/mol. The molecule has 0 spiro atoms. The molecule has 0 rings (SSSR count). The van der Waals surface area contributed by atoms with E-state index in [1.807, 2.05) is 0 Å². The molecule has 0 radical (unpaired) electrons. The van der Waals surface area contributed by atoms with E-state index in [1.165, 1.54) is 32.1 Å². The highest BCUT2D eigenvalue weighted by Crippen LogP contribution is 2.00. The summed E-state index contributed by atoms with van der Waals surface area (Å²) in [6.07, 6.45) is 7.01. The van der Waals surface area contributed by atoms with E-state index in [4.69, 9.17) is 19.8 Å². The Bertz CT molecular complexity index is 127. The van der Waals surface area contributed by atoms with Gasteiger partial charge in [-0.05, 0) is 0 Å². The molecule has 4 nitrogen and oxygen atoms in total. The van der Waals surface area contributed by atoms with Crippen LogP contribution < -0.4 is 10.2 Å². The number of hydrogen-bond acceptors (Lipinski definition) is 4. The summed E-state index contributed by atoms with van der Waals surface area (Å²) in [7, 11) is 0. The lowest BCUT2D eigenvalue weighted by Gasteiger charge is -1.97. The van der Waals surface area contributed by atoms with E-state index < -0.39 is 11.9 Å². The van der Waals surface area contributed by atoms with Crippen molar-refractivity contribution < 1.29 is 19.8 Å². The van der Waals surface area contributed by atoms with Crippen molar-refractivity contribution in [1.82, 2.24) is 0 Å². The Balaban J connectivity index is 0. The maximum Gasteiger partial charge on any atom is 0.0870 e. The molecule has 0 heterocycles. The van der Waals surface area contributed by atoms with Gasteiger partial charge < -0.3 is 19.8 Å². The van der Waals surface area contributed by atoms with Gasteiger partial charge in [-0.25, -0.2) is 0 Å². The Labute approximate surface area is 78.6 Å². The van der Waals surface area contributed by atoms with Crippen LogP contribution in [-0.4, -0.2) is 11.9 Å². The lowest BCUT2D eigenvalue weighted by Crippen LogP contribution is -2.42. The van der Waals surface area contributed by atoms with Gasteiger partial charge in [0.15, 0.2) is 0 Å². The van der Waals surface area contributed by atoms with Crippen molar-refractivity contribution in [2.24, 2.45) is 0 Å². The van der Waals surface area contributed by atoms with Gasteiger partial charge in [-0.1, -0.05) is 46.0 Å². The minimum atomic E-state index is -2.19. The first-order valence-corrected chi connectivity index (χ1v) is 4.48. The SMILES string of the molecule is CCCCCCC.O=C([O-])C(=O)[O-]. The third-order valence-electron chi connectivity index (χ3n) is 1.37. The zero-order valence-corrected chi connectivity index (χ0v) is 8.17. The van der Waals surface area contributed by atoms with Crippen LogP contribution in [0.4, 0.5) is 0 Å². The summed E-state index contributed by atoms with van der Waals surface area (Å²) in [5.74, 6) is -4.37. The summed E-state index contributed by atoms with van der Waals surface area (Å²) in [6.45, 7) is 4.49. The molecule has 4 heteroatoms. The van der Waals surface area contributed by atoms with Crippen LogP contribution in [0.15, 0.2) is 0 Å². The molecule has 0 unspecified atom stereocenters. The van der Waals surface area contributed by atoms with Crippen LogP contribution in [0.3, 0.4) is 0 Å². The number of unbranched alkanes of at least 4 members (excludes halogenated alkanes) is 4. The van der Waals surface area contributed by atoms with Crippen LogP contribution in [0, 0.1) is 0 Å². The van der Waals surface area contributed by atoms with Crippen LogP contribution in [0.25, 0.3) is 0 Å². The van der Waals surface area contributed by atoms with Crippen LogP contribution in [-0.2, 0) is 9.59 Å². The average molecular weight is 188 g/mol. The predicted molar refractivity (Wildman–Crippen MR) is 44.4 cm³/mol. The van der Waals surface area contributed by atoms with Gasteiger partial charge in [-0.3, -0.25) is 0 Å². The normalized spacial score (nSPS) is 8.46. The van der Waals surface area contributed by atoms with Gasteiger partial charge in [-0.2, -0.15) is 0 Å². The molecule has 0 aliphatic heterocycles. The van der Waals surface area contributed by atoms with E-state index in [0.29, 0.717) is 0 Å². The summed E-state index contributed by atoms with van der Waals surface area (Å²) in [5.41, 5.74) is 0. The first kappa shape index (κ1) is 14.5. The number of carboxylic acid groups (broad SMARTS) is 2. The maximum atomic E-state index is 8.93. The summed E-state index contributed by atoms with van der Waals surface area (Å²) in [6, 6.07) is 0. The summed E-state index contributed by atoms with van der Waals surface area (Å²) < 4.78 is 0. The molecule has 0 aliphatic rings. The Morgan fingerprint density at radius 2 is 1.15 bits per heavy atom. The average Bonchev–Trinajstić information content (AvgIpc) is 2.06. The predicted octanol–water partition coefficient (Wildman–Crippen LogP) is -0.537. The maximum absolute atomic E-state index is 8.93. The van der Waals surface area contributed by atoms with E-state index in [0.717, 1.165) is 0 Å². The van der Waals surface area contributed by atoms with Crippen LogP contribution in [0.1, 0.15) is 46.0 Å². The van der Waals surface area contributed by atoms with E-state index in [9.17, 15) is 0 Å². The van der Waals surface area contributed by atoms with Gasteiger partial charge in [0, 0.05) is 0 Å². The number of hydrogen-bond donors (Lipinski definition) is 0. The van der Waals surface area contributed by atoms with Crippen LogP contribution in [0.2, 0.25) is 0 Å². The number of aliphatic carboxylic acids is 2. The molecular formula is C9H16O4-2. The number of carbonyl (C=O) groups is 2. The topological polar surface area (TPSA) is 80.3 Å². The van der Waals surface area contributed by atoms with Crippen molar-refractivity contribution in [3.8, 4) is 0 Å². The Morgan fingerprint density at radius 3 is 1.31 bits per heavy atom. The third kappa shape index (κ3) is 18.2. The zero-order valence-electron chi connectivity index (χ0n) is 8.17. The van der Waals surface area contributed by atoms with Crippen LogP contribution in [0.5, 0.6) is 0 Å². The Kier molecular flexibility index (Phi) is 12.2. The number of carbonyl (C=O) groups excluding carboxylic acids is 2. The van der Waals surface area contributed by atoms with Gasteiger partial charge in [0.2, 0.25) is 0 Å². The smallest absolute Gasteiger partial charge is 0.0870 e. The highest BCUT2D eigenvalue weighted by molar-refractivity contribution is 6.25. The van der Waals surface area contributed by atoms with Gasteiger partial charge in [0.25, 0.3) is 0 Å². The summed E-state index contributed by atoms with van der Waals surface area (Å²) in [5, 5.41) is 17.9. The first-order valence-electron chi connectivity index (χ1n) is 4.48. The molecule has 0 aliphatic carbocycles. The standard InChI is InChI=1S/C7H16.C2H2O4/c1-3-5-7-6-4-2;3-1(4)2(5)6/h3-7H2,1-2H3;(H,3,4)(H,5,6)/p-2. The molecule has 0 amide bonds. The minimum absolute atomic E-state index is 1.36. The van der Waals surface area contributed by atoms with Gasteiger partial charge in [0.1, 0.15) is 0 Å². The molecule has 0 atom stereocenters. The zero-order chi connectivity index (χ0) is 10.7. The molecule has 0 aromatic heterocycles. The minimum Gasteiger partial charge on any atom is -0.543 e. The highest BCUT2D eigenvalue weighted by Gasteiger charge is 1.80. The van der Waals surface area contributed by atoms with Crippen molar-refractivity contribution in [3.05, 3.63) is 0 Å². The molecule has 13 heavy (non-hydrogen) atoms. The van der Waals surface area contributed by atoms with E-state index in [1.54, 1.807) is 0 Å². The lowest BCUT2D eigenvalue weighted by atomic mass is 10.2.